The van der Waals surface area contributed by atoms with Crippen LogP contribution >= 0.6 is 11.3 Å². The third kappa shape index (κ3) is 4.24. The molecule has 0 unspecified atom stereocenters. The summed E-state index contributed by atoms with van der Waals surface area (Å²) in [5.41, 5.74) is 9.80. The summed E-state index contributed by atoms with van der Waals surface area (Å²) >= 11 is 1.86. The van der Waals surface area contributed by atoms with E-state index in [2.05, 4.69) is 157 Å². The number of thiophene rings is 1. The van der Waals surface area contributed by atoms with Gasteiger partial charge in [0.2, 0.25) is 0 Å². The van der Waals surface area contributed by atoms with Crippen molar-refractivity contribution in [2.24, 2.45) is 0 Å². The number of fused-ring (bicyclic) bond motifs is 6. The number of hydrogen-bond donors (Lipinski definition) is 0. The van der Waals surface area contributed by atoms with Crippen molar-refractivity contribution in [3.8, 4) is 22.3 Å². The van der Waals surface area contributed by atoms with E-state index >= 15 is 0 Å². The molecule has 3 heteroatoms. The highest BCUT2D eigenvalue weighted by molar-refractivity contribution is 7.26. The Balaban J connectivity index is 1.42. The second kappa shape index (κ2) is 10.5. The van der Waals surface area contributed by atoms with Gasteiger partial charge in [-0.1, -0.05) is 127 Å². The Morgan fingerprint density at radius 3 is 1.89 bits per heavy atom. The zero-order valence-corrected chi connectivity index (χ0v) is 25.2. The van der Waals surface area contributed by atoms with Crippen LogP contribution < -0.4 is 4.90 Å². The molecule has 212 valence electrons. The van der Waals surface area contributed by atoms with Crippen molar-refractivity contribution in [3.05, 3.63) is 164 Å². The molecule has 9 rings (SSSR count). The monoisotopic (exact) mass is 593 g/mol. The van der Waals surface area contributed by atoms with E-state index in [1.165, 1.54) is 48.1 Å². The van der Waals surface area contributed by atoms with Crippen LogP contribution in [0.3, 0.4) is 0 Å². The van der Waals surface area contributed by atoms with Crippen molar-refractivity contribution in [1.82, 2.24) is 0 Å². The molecule has 0 saturated carbocycles. The number of rotatable bonds is 5. The molecule has 2 heterocycles. The van der Waals surface area contributed by atoms with E-state index in [1.807, 2.05) is 23.5 Å². The minimum absolute atomic E-state index is 0.876. The van der Waals surface area contributed by atoms with Crippen molar-refractivity contribution in [2.45, 2.75) is 0 Å². The maximum absolute atomic E-state index is 6.46. The first-order chi connectivity index (χ1) is 22.3. The van der Waals surface area contributed by atoms with Gasteiger partial charge in [0.15, 0.2) is 0 Å². The Bertz CT molecular complexity index is 2490. The summed E-state index contributed by atoms with van der Waals surface area (Å²) in [5, 5.41) is 4.79. The summed E-state index contributed by atoms with van der Waals surface area (Å²) < 4.78 is 8.99. The van der Waals surface area contributed by atoms with E-state index in [9.17, 15) is 0 Å². The first-order valence-electron chi connectivity index (χ1n) is 15.2. The molecule has 0 radical (unpaired) electrons. The summed E-state index contributed by atoms with van der Waals surface area (Å²) in [6.45, 7) is 0. The van der Waals surface area contributed by atoms with Crippen LogP contribution in [0.25, 0.3) is 64.4 Å². The largest absolute Gasteiger partial charge is 0.456 e. The predicted octanol–water partition coefficient (Wildman–Crippen LogP) is 12.8. The molecular weight excluding hydrogens is 567 g/mol. The first kappa shape index (κ1) is 25.8. The molecule has 0 aliphatic rings. The Hall–Kier alpha value is -5.64. The zero-order valence-electron chi connectivity index (χ0n) is 24.4. The van der Waals surface area contributed by atoms with Gasteiger partial charge >= 0.3 is 0 Å². The average Bonchev–Trinajstić information content (AvgIpc) is 3.68. The maximum atomic E-state index is 6.46. The Morgan fingerprint density at radius 2 is 1.07 bits per heavy atom. The molecule has 0 atom stereocenters. The summed E-state index contributed by atoms with van der Waals surface area (Å²) in [6, 6.07) is 58.4. The normalized spacial score (nSPS) is 11.6. The van der Waals surface area contributed by atoms with Gasteiger partial charge in [0.25, 0.3) is 0 Å². The highest BCUT2D eigenvalue weighted by Crippen LogP contribution is 2.51. The Morgan fingerprint density at radius 1 is 0.444 bits per heavy atom. The molecule has 0 N–H and O–H groups in total. The third-order valence-electron chi connectivity index (χ3n) is 8.68. The van der Waals surface area contributed by atoms with Gasteiger partial charge in [-0.25, -0.2) is 0 Å². The quantitative estimate of drug-likeness (QED) is 0.197. The highest BCUT2D eigenvalue weighted by Gasteiger charge is 2.25. The number of furan rings is 1. The number of nitrogens with zero attached hydrogens (tertiary/aromatic N) is 1. The van der Waals surface area contributed by atoms with Crippen LogP contribution in [0.5, 0.6) is 0 Å². The number of hydrogen-bond acceptors (Lipinski definition) is 3. The molecule has 9 aromatic rings. The maximum Gasteiger partial charge on any atom is 0.137 e. The van der Waals surface area contributed by atoms with Gasteiger partial charge in [0, 0.05) is 49.1 Å². The van der Waals surface area contributed by atoms with E-state index in [0.717, 1.165) is 33.3 Å². The summed E-state index contributed by atoms with van der Waals surface area (Å²) in [7, 11) is 0. The molecule has 0 aliphatic carbocycles. The van der Waals surface area contributed by atoms with Crippen LogP contribution in [0.4, 0.5) is 17.1 Å². The van der Waals surface area contributed by atoms with Gasteiger partial charge in [0.05, 0.1) is 16.1 Å². The van der Waals surface area contributed by atoms with E-state index in [4.69, 9.17) is 4.42 Å². The van der Waals surface area contributed by atoms with Crippen molar-refractivity contribution >= 4 is 70.5 Å². The smallest absolute Gasteiger partial charge is 0.137 e. The lowest BCUT2D eigenvalue weighted by Crippen LogP contribution is -2.12. The molecule has 0 aliphatic heterocycles. The lowest BCUT2D eigenvalue weighted by Gasteiger charge is -2.30. The van der Waals surface area contributed by atoms with Gasteiger partial charge in [0.1, 0.15) is 11.2 Å². The fourth-order valence-electron chi connectivity index (χ4n) is 6.62. The minimum atomic E-state index is 0.876. The molecule has 45 heavy (non-hydrogen) atoms. The predicted molar refractivity (Wildman–Crippen MR) is 192 cm³/mol. The van der Waals surface area contributed by atoms with E-state index in [1.54, 1.807) is 0 Å². The molecule has 2 aromatic heterocycles. The van der Waals surface area contributed by atoms with Crippen LogP contribution in [0, 0.1) is 0 Å². The van der Waals surface area contributed by atoms with Gasteiger partial charge in [-0.05, 0) is 41.5 Å². The van der Waals surface area contributed by atoms with Crippen molar-refractivity contribution in [3.63, 3.8) is 0 Å². The zero-order chi connectivity index (χ0) is 29.7. The second-order valence-corrected chi connectivity index (χ2v) is 12.4. The fourth-order valence-corrected chi connectivity index (χ4v) is 7.86. The van der Waals surface area contributed by atoms with E-state index in [-0.39, 0.29) is 0 Å². The molecule has 0 spiro atoms. The van der Waals surface area contributed by atoms with E-state index < -0.39 is 0 Å². The minimum Gasteiger partial charge on any atom is -0.456 e. The molecule has 0 fully saturated rings. The Kier molecular flexibility index (Phi) is 6.03. The first-order valence-corrected chi connectivity index (χ1v) is 16.0. The highest BCUT2D eigenvalue weighted by atomic mass is 32.1. The SMILES string of the molecule is c1ccc(-c2ccccc2N(c2ccc3c(c2)oc2ccccc23)c2c(-c3ccccc3)ccc3c2sc2ccccc23)cc1. The second-order valence-electron chi connectivity index (χ2n) is 11.3. The molecular formula is C42H27NOS. The molecule has 7 aromatic carbocycles. The molecule has 0 bridgehead atoms. The van der Waals surface area contributed by atoms with Crippen molar-refractivity contribution in [2.75, 3.05) is 4.90 Å². The van der Waals surface area contributed by atoms with Gasteiger partial charge in [-0.3, -0.25) is 0 Å². The standard InChI is InChI=1S/C42H27NOS/c1-3-13-28(14-4-1)31-17-7-10-20-37(31)43(30-23-24-34-33-18-8-11-21-38(33)44-39(34)27-30)41-32(29-15-5-2-6-16-29)25-26-36-35-19-9-12-22-40(35)45-42(36)41/h1-27H. The van der Waals surface area contributed by atoms with Crippen molar-refractivity contribution in [1.29, 1.82) is 0 Å². The molecule has 0 saturated heterocycles. The molecule has 2 nitrogen and oxygen atoms in total. The summed E-state index contributed by atoms with van der Waals surface area (Å²) in [6.07, 6.45) is 0. The fraction of sp³-hybridized carbons (Fsp3) is 0. The van der Waals surface area contributed by atoms with Crippen LogP contribution in [0.2, 0.25) is 0 Å². The summed E-state index contributed by atoms with van der Waals surface area (Å²) in [5.74, 6) is 0. The lowest BCUT2D eigenvalue weighted by atomic mass is 9.97. The van der Waals surface area contributed by atoms with Crippen LogP contribution in [0.1, 0.15) is 0 Å². The van der Waals surface area contributed by atoms with Crippen LogP contribution in [-0.4, -0.2) is 0 Å². The third-order valence-corrected chi connectivity index (χ3v) is 9.87. The van der Waals surface area contributed by atoms with Gasteiger partial charge in [-0.2, -0.15) is 0 Å². The summed E-state index contributed by atoms with van der Waals surface area (Å²) in [4.78, 5) is 2.45. The molecule has 0 amide bonds. The average molecular weight is 594 g/mol. The van der Waals surface area contributed by atoms with Gasteiger partial charge < -0.3 is 9.32 Å². The van der Waals surface area contributed by atoms with Crippen LogP contribution in [0.15, 0.2) is 168 Å². The lowest BCUT2D eigenvalue weighted by molar-refractivity contribution is 0.669. The van der Waals surface area contributed by atoms with Gasteiger partial charge in [-0.15, -0.1) is 11.3 Å². The number of para-hydroxylation sites is 2. The van der Waals surface area contributed by atoms with Crippen LogP contribution in [-0.2, 0) is 0 Å². The number of benzene rings is 7. The Labute approximate surface area is 265 Å². The topological polar surface area (TPSA) is 16.4 Å². The number of anilines is 3. The van der Waals surface area contributed by atoms with Crippen molar-refractivity contribution < 1.29 is 4.42 Å². The van der Waals surface area contributed by atoms with E-state index in [0.29, 0.717) is 0 Å².